The molecule has 3 aromatic carbocycles. The predicted molar refractivity (Wildman–Crippen MR) is 122 cm³/mol. The smallest absolute Gasteiger partial charge is 0.240 e. The van der Waals surface area contributed by atoms with Crippen molar-refractivity contribution in [2.75, 3.05) is 11.6 Å². The maximum atomic E-state index is 12.5. The van der Waals surface area contributed by atoms with Crippen LogP contribution in [0.3, 0.4) is 0 Å². The lowest BCUT2D eigenvalue weighted by atomic mass is 10.1. The highest BCUT2D eigenvalue weighted by Crippen LogP contribution is 2.19. The van der Waals surface area contributed by atoms with Gasteiger partial charge in [0.25, 0.3) is 0 Å². The van der Waals surface area contributed by atoms with E-state index in [0.717, 1.165) is 21.7 Å². The Morgan fingerprint density at radius 2 is 1.63 bits per heavy atom. The first-order valence-electron chi connectivity index (χ1n) is 9.53. The van der Waals surface area contributed by atoms with Crippen molar-refractivity contribution in [1.82, 2.24) is 4.72 Å². The van der Waals surface area contributed by atoms with E-state index in [1.54, 1.807) is 36.0 Å². The summed E-state index contributed by atoms with van der Waals surface area (Å²) in [5.41, 5.74) is 2.58. The van der Waals surface area contributed by atoms with E-state index in [-0.39, 0.29) is 17.3 Å². The van der Waals surface area contributed by atoms with Crippen molar-refractivity contribution in [1.29, 1.82) is 0 Å². The van der Waals surface area contributed by atoms with Gasteiger partial charge in [-0.1, -0.05) is 48.5 Å². The second-order valence-electron chi connectivity index (χ2n) is 6.73. The third-order valence-electron chi connectivity index (χ3n) is 4.54. The first kappa shape index (κ1) is 22.1. The molecule has 30 heavy (non-hydrogen) atoms. The molecule has 156 valence electrons. The number of nitrogens with one attached hydrogen (secondary N) is 2. The van der Waals surface area contributed by atoms with Gasteiger partial charge in [0.05, 0.1) is 4.90 Å². The number of thioether (sulfide) groups is 1. The van der Waals surface area contributed by atoms with Crippen LogP contribution in [-0.2, 0) is 27.8 Å². The lowest BCUT2D eigenvalue weighted by Crippen LogP contribution is -2.23. The van der Waals surface area contributed by atoms with Gasteiger partial charge < -0.3 is 5.32 Å². The van der Waals surface area contributed by atoms with Gasteiger partial charge in [0, 0.05) is 23.5 Å². The first-order chi connectivity index (χ1) is 14.5. The molecular weight excluding hydrogens is 416 g/mol. The molecule has 0 saturated carbocycles. The predicted octanol–water partition coefficient (Wildman–Crippen LogP) is 4.46. The number of benzene rings is 3. The third kappa shape index (κ3) is 6.45. The summed E-state index contributed by atoms with van der Waals surface area (Å²) in [4.78, 5) is 13.5. The van der Waals surface area contributed by atoms with Crippen molar-refractivity contribution >= 4 is 33.4 Å². The van der Waals surface area contributed by atoms with E-state index in [4.69, 9.17) is 0 Å². The topological polar surface area (TPSA) is 75.3 Å². The summed E-state index contributed by atoms with van der Waals surface area (Å²) < 4.78 is 27.5. The molecule has 0 aliphatic carbocycles. The van der Waals surface area contributed by atoms with Gasteiger partial charge in [0.1, 0.15) is 0 Å². The molecule has 0 fully saturated rings. The van der Waals surface area contributed by atoms with E-state index in [1.165, 1.54) is 0 Å². The fourth-order valence-corrected chi connectivity index (χ4v) is 4.35. The number of sulfonamides is 1. The zero-order chi connectivity index (χ0) is 21.4. The first-order valence-corrected chi connectivity index (χ1v) is 12.2. The average Bonchev–Trinajstić information content (AvgIpc) is 2.77. The van der Waals surface area contributed by atoms with E-state index in [9.17, 15) is 13.2 Å². The minimum Gasteiger partial charge on any atom is -0.326 e. The van der Waals surface area contributed by atoms with Crippen LogP contribution >= 0.6 is 11.8 Å². The molecule has 0 radical (unpaired) electrons. The van der Waals surface area contributed by atoms with Crippen LogP contribution in [0.25, 0.3) is 0 Å². The summed E-state index contributed by atoms with van der Waals surface area (Å²) in [6.07, 6.45) is 2.84. The molecule has 7 heteroatoms. The lowest BCUT2D eigenvalue weighted by molar-refractivity contribution is -0.116. The summed E-state index contributed by atoms with van der Waals surface area (Å²) in [7, 11) is -3.59. The van der Waals surface area contributed by atoms with Crippen LogP contribution < -0.4 is 10.0 Å². The molecule has 0 aliphatic rings. The second-order valence-corrected chi connectivity index (χ2v) is 9.38. The molecule has 0 unspecified atom stereocenters. The minimum atomic E-state index is -3.59. The number of aryl methyl sites for hydroxylation is 1. The average molecular weight is 441 g/mol. The van der Waals surface area contributed by atoms with Gasteiger partial charge in [0.15, 0.2) is 0 Å². The van der Waals surface area contributed by atoms with Crippen molar-refractivity contribution < 1.29 is 13.2 Å². The highest BCUT2D eigenvalue weighted by Gasteiger charge is 2.13. The highest BCUT2D eigenvalue weighted by atomic mass is 32.2. The second kappa shape index (κ2) is 10.4. The van der Waals surface area contributed by atoms with E-state index >= 15 is 0 Å². The number of rotatable bonds is 9. The molecule has 0 bridgehead atoms. The Bertz CT molecular complexity index is 1080. The molecular formula is C23H24N2O3S2. The zero-order valence-electron chi connectivity index (χ0n) is 16.7. The minimum absolute atomic E-state index is 0.0746. The van der Waals surface area contributed by atoms with Crippen LogP contribution in [0.4, 0.5) is 5.69 Å². The third-order valence-corrected chi connectivity index (χ3v) is 6.68. The molecule has 1 amide bonds. The molecule has 0 saturated heterocycles. The van der Waals surface area contributed by atoms with Gasteiger partial charge in [-0.15, -0.1) is 11.8 Å². The van der Waals surface area contributed by atoms with Crippen molar-refractivity contribution in [3.8, 4) is 0 Å². The Hall–Kier alpha value is -2.61. The van der Waals surface area contributed by atoms with E-state index in [0.29, 0.717) is 12.8 Å². The maximum Gasteiger partial charge on any atom is 0.240 e. The standard InChI is InChI=1S/C23H24N2O3S2/c1-29-21-9-5-8-20(16-21)25-23(26)15-12-18-10-13-22(14-11-18)30(27,28)24-17-19-6-3-2-4-7-19/h2-11,13-14,16,24H,12,15,17H2,1H3,(H,25,26). The Morgan fingerprint density at radius 1 is 0.900 bits per heavy atom. The van der Waals surface area contributed by atoms with Gasteiger partial charge in [0.2, 0.25) is 15.9 Å². The van der Waals surface area contributed by atoms with Gasteiger partial charge in [-0.05, 0) is 54.1 Å². The Labute approximate surface area is 182 Å². The van der Waals surface area contributed by atoms with Crippen molar-refractivity contribution in [2.24, 2.45) is 0 Å². The number of hydrogen-bond donors (Lipinski definition) is 2. The van der Waals surface area contributed by atoms with Gasteiger partial charge in [-0.2, -0.15) is 0 Å². The van der Waals surface area contributed by atoms with Crippen molar-refractivity contribution in [2.45, 2.75) is 29.2 Å². The molecule has 5 nitrogen and oxygen atoms in total. The molecule has 3 rings (SSSR count). The molecule has 0 heterocycles. The monoisotopic (exact) mass is 440 g/mol. The van der Waals surface area contributed by atoms with Gasteiger partial charge in [-0.25, -0.2) is 13.1 Å². The zero-order valence-corrected chi connectivity index (χ0v) is 18.3. The van der Waals surface area contributed by atoms with Crippen LogP contribution in [-0.4, -0.2) is 20.6 Å². The fraction of sp³-hybridized carbons (Fsp3) is 0.174. The van der Waals surface area contributed by atoms with Crippen molar-refractivity contribution in [3.63, 3.8) is 0 Å². The van der Waals surface area contributed by atoms with Gasteiger partial charge >= 0.3 is 0 Å². The van der Waals surface area contributed by atoms with Crippen molar-refractivity contribution in [3.05, 3.63) is 90.0 Å². The summed E-state index contributed by atoms with van der Waals surface area (Å²) >= 11 is 1.62. The van der Waals surface area contributed by atoms with E-state index < -0.39 is 10.0 Å². The summed E-state index contributed by atoms with van der Waals surface area (Å²) in [6.45, 7) is 0.239. The number of amides is 1. The number of carbonyl (C=O) groups is 1. The van der Waals surface area contributed by atoms with Crippen LogP contribution in [0.15, 0.2) is 88.7 Å². The largest absolute Gasteiger partial charge is 0.326 e. The Kier molecular flexibility index (Phi) is 7.68. The van der Waals surface area contributed by atoms with E-state index in [2.05, 4.69) is 10.0 Å². The number of hydrogen-bond acceptors (Lipinski definition) is 4. The summed E-state index contributed by atoms with van der Waals surface area (Å²) in [5.74, 6) is -0.0746. The Balaban J connectivity index is 1.52. The summed E-state index contributed by atoms with van der Waals surface area (Å²) in [6, 6.07) is 23.7. The molecule has 3 aromatic rings. The van der Waals surface area contributed by atoms with Gasteiger partial charge in [-0.3, -0.25) is 4.79 Å². The molecule has 0 atom stereocenters. The fourth-order valence-electron chi connectivity index (χ4n) is 2.87. The highest BCUT2D eigenvalue weighted by molar-refractivity contribution is 7.98. The normalized spacial score (nSPS) is 11.2. The number of anilines is 1. The van der Waals surface area contributed by atoms with Crippen LogP contribution in [0, 0.1) is 0 Å². The van der Waals surface area contributed by atoms with Crippen LogP contribution in [0.5, 0.6) is 0 Å². The molecule has 2 N–H and O–H groups in total. The molecule has 0 aromatic heterocycles. The summed E-state index contributed by atoms with van der Waals surface area (Å²) in [5, 5.41) is 2.90. The number of carbonyl (C=O) groups excluding carboxylic acids is 1. The Morgan fingerprint density at radius 3 is 2.33 bits per heavy atom. The van der Waals surface area contributed by atoms with Crippen LogP contribution in [0.2, 0.25) is 0 Å². The molecule has 0 aliphatic heterocycles. The lowest BCUT2D eigenvalue weighted by Gasteiger charge is -2.09. The quantitative estimate of drug-likeness (QED) is 0.482. The molecule has 0 spiro atoms. The SMILES string of the molecule is CSc1cccc(NC(=O)CCc2ccc(S(=O)(=O)NCc3ccccc3)cc2)c1. The van der Waals surface area contributed by atoms with Crippen LogP contribution in [0.1, 0.15) is 17.5 Å². The maximum absolute atomic E-state index is 12.5. The van der Waals surface area contributed by atoms with E-state index in [1.807, 2.05) is 60.9 Å².